The van der Waals surface area contributed by atoms with E-state index >= 15 is 0 Å². The standard InChI is InChI=1S/C17H21N3O2/c1-18-10-12-5-4-8-20(11-12)17(22)14-9-16(21)19-15-7-3-2-6-13(14)15/h2-3,6-7,9,12,18H,4-5,8,10-11H2,1H3,(H,19,21)/t12-/m1/s1. The van der Waals surface area contributed by atoms with E-state index in [1.54, 1.807) is 0 Å². The number of amides is 1. The molecule has 5 heteroatoms. The number of pyridine rings is 1. The topological polar surface area (TPSA) is 65.2 Å². The normalized spacial score (nSPS) is 18.6. The van der Waals surface area contributed by atoms with Gasteiger partial charge < -0.3 is 15.2 Å². The quantitative estimate of drug-likeness (QED) is 0.905. The number of carbonyl (C=O) groups is 1. The van der Waals surface area contributed by atoms with E-state index in [9.17, 15) is 9.59 Å². The molecule has 1 fully saturated rings. The Balaban J connectivity index is 1.93. The maximum absolute atomic E-state index is 12.9. The van der Waals surface area contributed by atoms with E-state index in [1.165, 1.54) is 6.07 Å². The predicted molar refractivity (Wildman–Crippen MR) is 87.1 cm³/mol. The fourth-order valence-electron chi connectivity index (χ4n) is 3.26. The van der Waals surface area contributed by atoms with Crippen LogP contribution in [0.1, 0.15) is 23.2 Å². The molecular weight excluding hydrogens is 278 g/mol. The lowest BCUT2D eigenvalue weighted by molar-refractivity contribution is 0.0676. The van der Waals surface area contributed by atoms with Gasteiger partial charge in [0.15, 0.2) is 0 Å². The summed E-state index contributed by atoms with van der Waals surface area (Å²) >= 11 is 0. The van der Waals surface area contributed by atoms with Crippen molar-refractivity contribution in [2.24, 2.45) is 5.92 Å². The maximum Gasteiger partial charge on any atom is 0.254 e. The van der Waals surface area contributed by atoms with Crippen LogP contribution in [0, 0.1) is 5.92 Å². The first-order valence-electron chi connectivity index (χ1n) is 7.75. The van der Waals surface area contributed by atoms with Gasteiger partial charge in [0.1, 0.15) is 0 Å². The Bertz CT molecular complexity index is 736. The van der Waals surface area contributed by atoms with Crippen molar-refractivity contribution in [3.05, 3.63) is 46.2 Å². The molecule has 2 N–H and O–H groups in total. The molecule has 2 aromatic rings. The van der Waals surface area contributed by atoms with Crippen LogP contribution in [0.15, 0.2) is 35.1 Å². The van der Waals surface area contributed by atoms with Gasteiger partial charge in [-0.15, -0.1) is 0 Å². The number of hydrogen-bond acceptors (Lipinski definition) is 3. The average molecular weight is 299 g/mol. The number of piperidine rings is 1. The summed E-state index contributed by atoms with van der Waals surface area (Å²) < 4.78 is 0. The molecular formula is C17H21N3O2. The van der Waals surface area contributed by atoms with Crippen molar-refractivity contribution in [1.29, 1.82) is 0 Å². The third-order valence-corrected chi connectivity index (χ3v) is 4.28. The minimum Gasteiger partial charge on any atom is -0.338 e. The minimum atomic E-state index is -0.231. The lowest BCUT2D eigenvalue weighted by atomic mass is 9.97. The van der Waals surface area contributed by atoms with Crippen LogP contribution in [-0.4, -0.2) is 42.5 Å². The number of H-pyrrole nitrogens is 1. The molecule has 1 aromatic heterocycles. The number of nitrogens with zero attached hydrogens (tertiary/aromatic N) is 1. The molecule has 0 saturated carbocycles. The molecule has 0 aliphatic carbocycles. The highest BCUT2D eigenvalue weighted by Crippen LogP contribution is 2.21. The molecule has 2 heterocycles. The smallest absolute Gasteiger partial charge is 0.254 e. The van der Waals surface area contributed by atoms with Crippen molar-refractivity contribution >= 4 is 16.8 Å². The van der Waals surface area contributed by atoms with Crippen molar-refractivity contribution in [3.63, 3.8) is 0 Å². The summed E-state index contributed by atoms with van der Waals surface area (Å²) in [6.07, 6.45) is 2.15. The van der Waals surface area contributed by atoms with Crippen molar-refractivity contribution in [3.8, 4) is 0 Å². The summed E-state index contributed by atoms with van der Waals surface area (Å²) in [4.78, 5) is 29.4. The molecule has 1 aromatic carbocycles. The SMILES string of the molecule is CNC[C@H]1CCCN(C(=O)c2cc(=O)[nH]c3ccccc23)C1. The average Bonchev–Trinajstić information content (AvgIpc) is 2.54. The van der Waals surface area contributed by atoms with Crippen LogP contribution in [0.4, 0.5) is 0 Å². The molecule has 5 nitrogen and oxygen atoms in total. The third-order valence-electron chi connectivity index (χ3n) is 4.28. The van der Waals surface area contributed by atoms with Gasteiger partial charge in [0.25, 0.3) is 5.91 Å². The van der Waals surface area contributed by atoms with Gasteiger partial charge in [-0.1, -0.05) is 18.2 Å². The van der Waals surface area contributed by atoms with Gasteiger partial charge in [-0.2, -0.15) is 0 Å². The number of para-hydroxylation sites is 1. The van der Waals surface area contributed by atoms with Crippen LogP contribution in [0.3, 0.4) is 0 Å². The van der Waals surface area contributed by atoms with Gasteiger partial charge in [0.2, 0.25) is 5.56 Å². The van der Waals surface area contributed by atoms with Crippen LogP contribution in [0.25, 0.3) is 10.9 Å². The molecule has 0 radical (unpaired) electrons. The van der Waals surface area contributed by atoms with E-state index in [0.717, 1.165) is 37.9 Å². The third kappa shape index (κ3) is 2.90. The Hall–Kier alpha value is -2.14. The first-order valence-corrected chi connectivity index (χ1v) is 7.75. The van der Waals surface area contributed by atoms with Gasteiger partial charge in [0, 0.05) is 30.1 Å². The van der Waals surface area contributed by atoms with Crippen molar-refractivity contribution in [2.45, 2.75) is 12.8 Å². The number of nitrogens with one attached hydrogen (secondary N) is 2. The summed E-state index contributed by atoms with van der Waals surface area (Å²) in [7, 11) is 1.94. The van der Waals surface area contributed by atoms with Gasteiger partial charge in [-0.25, -0.2) is 0 Å². The van der Waals surface area contributed by atoms with Gasteiger partial charge in [0.05, 0.1) is 5.56 Å². The highest BCUT2D eigenvalue weighted by Gasteiger charge is 2.25. The second-order valence-electron chi connectivity index (χ2n) is 5.91. The zero-order valence-corrected chi connectivity index (χ0v) is 12.8. The van der Waals surface area contributed by atoms with Gasteiger partial charge in [-0.05, 0) is 38.4 Å². The van der Waals surface area contributed by atoms with E-state index in [0.29, 0.717) is 17.0 Å². The number of benzene rings is 1. The molecule has 0 bridgehead atoms. The van der Waals surface area contributed by atoms with E-state index in [4.69, 9.17) is 0 Å². The Morgan fingerprint density at radius 3 is 3.05 bits per heavy atom. The van der Waals surface area contributed by atoms with Crippen LogP contribution < -0.4 is 10.9 Å². The van der Waals surface area contributed by atoms with Gasteiger partial charge >= 0.3 is 0 Å². The molecule has 116 valence electrons. The number of aromatic amines is 1. The number of aromatic nitrogens is 1. The van der Waals surface area contributed by atoms with E-state index < -0.39 is 0 Å². The first-order chi connectivity index (χ1) is 10.7. The molecule has 1 amide bonds. The van der Waals surface area contributed by atoms with E-state index in [-0.39, 0.29) is 11.5 Å². The Labute approximate surface area is 129 Å². The lowest BCUT2D eigenvalue weighted by Crippen LogP contribution is -2.42. The van der Waals surface area contributed by atoms with E-state index in [1.807, 2.05) is 36.2 Å². The zero-order chi connectivity index (χ0) is 15.5. The maximum atomic E-state index is 12.9. The number of hydrogen-bond donors (Lipinski definition) is 2. The number of likely N-dealkylation sites (tertiary alicyclic amines) is 1. The number of carbonyl (C=O) groups excluding carboxylic acids is 1. The monoisotopic (exact) mass is 299 g/mol. The predicted octanol–water partition coefficient (Wildman–Crippen LogP) is 1.60. The summed E-state index contributed by atoms with van der Waals surface area (Å²) in [5.74, 6) is 0.444. The fraction of sp³-hybridized carbons (Fsp3) is 0.412. The zero-order valence-electron chi connectivity index (χ0n) is 12.8. The molecule has 1 aliphatic heterocycles. The first kappa shape index (κ1) is 14.8. The van der Waals surface area contributed by atoms with Crippen LogP contribution in [0.5, 0.6) is 0 Å². The Morgan fingerprint density at radius 2 is 2.23 bits per heavy atom. The summed E-state index contributed by atoms with van der Waals surface area (Å²) in [6.45, 7) is 2.43. The molecule has 1 aliphatic rings. The molecule has 22 heavy (non-hydrogen) atoms. The fourth-order valence-corrected chi connectivity index (χ4v) is 3.26. The highest BCUT2D eigenvalue weighted by molar-refractivity contribution is 6.05. The summed E-state index contributed by atoms with van der Waals surface area (Å²) in [6, 6.07) is 8.88. The van der Waals surface area contributed by atoms with Crippen LogP contribution in [-0.2, 0) is 0 Å². The lowest BCUT2D eigenvalue weighted by Gasteiger charge is -2.33. The molecule has 1 saturated heterocycles. The van der Waals surface area contributed by atoms with Crippen LogP contribution >= 0.6 is 0 Å². The second kappa shape index (κ2) is 6.32. The van der Waals surface area contributed by atoms with Crippen molar-refractivity contribution in [2.75, 3.05) is 26.7 Å². The Kier molecular flexibility index (Phi) is 4.24. The molecule has 0 unspecified atom stereocenters. The second-order valence-corrected chi connectivity index (χ2v) is 5.91. The minimum absolute atomic E-state index is 0.0388. The highest BCUT2D eigenvalue weighted by atomic mass is 16.2. The largest absolute Gasteiger partial charge is 0.338 e. The molecule has 3 rings (SSSR count). The Morgan fingerprint density at radius 1 is 1.41 bits per heavy atom. The number of fused-ring (bicyclic) bond motifs is 1. The molecule has 1 atom stereocenters. The van der Waals surface area contributed by atoms with Crippen molar-refractivity contribution in [1.82, 2.24) is 15.2 Å². The summed E-state index contributed by atoms with van der Waals surface area (Å²) in [5.41, 5.74) is 0.984. The van der Waals surface area contributed by atoms with Crippen LogP contribution in [0.2, 0.25) is 0 Å². The molecule has 0 spiro atoms. The summed E-state index contributed by atoms with van der Waals surface area (Å²) in [5, 5.41) is 3.99. The number of rotatable bonds is 3. The van der Waals surface area contributed by atoms with E-state index in [2.05, 4.69) is 10.3 Å². The van der Waals surface area contributed by atoms with Gasteiger partial charge in [-0.3, -0.25) is 9.59 Å². The van der Waals surface area contributed by atoms with Crippen molar-refractivity contribution < 1.29 is 4.79 Å².